The van der Waals surface area contributed by atoms with Crippen LogP contribution < -0.4 is 10.6 Å². The third-order valence-electron chi connectivity index (χ3n) is 4.11. The molecule has 1 aliphatic carbocycles. The van der Waals surface area contributed by atoms with Gasteiger partial charge in [-0.25, -0.2) is 13.2 Å². The van der Waals surface area contributed by atoms with Gasteiger partial charge in [-0.05, 0) is 18.8 Å². The number of rotatable bonds is 4. The number of hydrogen-bond donors (Lipinski definition) is 3. The van der Waals surface area contributed by atoms with Crippen LogP contribution in [0.15, 0.2) is 12.1 Å². The molecule has 0 radical (unpaired) electrons. The summed E-state index contributed by atoms with van der Waals surface area (Å²) in [5.74, 6) is -6.72. The molecule has 1 aromatic carbocycles. The number of benzene rings is 1. The van der Waals surface area contributed by atoms with Crippen LogP contribution in [0.25, 0.3) is 0 Å². The molecule has 2 amide bonds. The first-order chi connectivity index (χ1) is 11.4. The molecule has 1 fully saturated rings. The Morgan fingerprint density at radius 3 is 2.25 bits per heavy atom. The fourth-order valence-corrected chi connectivity index (χ4v) is 2.78. The van der Waals surface area contributed by atoms with Crippen LogP contribution in [0.1, 0.15) is 32.1 Å². The van der Waals surface area contributed by atoms with Gasteiger partial charge in [0.15, 0.2) is 17.5 Å². The van der Waals surface area contributed by atoms with Gasteiger partial charge in [0.25, 0.3) is 0 Å². The van der Waals surface area contributed by atoms with E-state index in [0.29, 0.717) is 12.1 Å². The third kappa shape index (κ3) is 4.70. The Morgan fingerprint density at radius 2 is 1.67 bits per heavy atom. The minimum atomic E-state index is -1.66. The van der Waals surface area contributed by atoms with Crippen LogP contribution in [-0.4, -0.2) is 29.6 Å². The summed E-state index contributed by atoms with van der Waals surface area (Å²) in [5, 5.41) is 14.3. The standard InChI is InChI=1S/C16H19F3N2O3/c17-11-6-10(7-12(18)14(11)19)21-16(24)15(23)20-8-13(22)9-4-2-1-3-5-9/h6-7,9,13,22H,1-5,8H2,(H,20,23)(H,21,24)/t13-/m0/s1. The normalized spacial score (nSPS) is 16.5. The third-order valence-corrected chi connectivity index (χ3v) is 4.11. The molecule has 0 unspecified atom stereocenters. The van der Waals surface area contributed by atoms with Crippen molar-refractivity contribution in [3.05, 3.63) is 29.6 Å². The molecular formula is C16H19F3N2O3. The fourth-order valence-electron chi connectivity index (χ4n) is 2.78. The molecule has 0 spiro atoms. The molecule has 1 aromatic rings. The van der Waals surface area contributed by atoms with Crippen LogP contribution in [0.4, 0.5) is 18.9 Å². The molecule has 2 rings (SSSR count). The van der Waals surface area contributed by atoms with E-state index in [1.165, 1.54) is 0 Å². The van der Waals surface area contributed by atoms with Gasteiger partial charge >= 0.3 is 11.8 Å². The molecule has 132 valence electrons. The van der Waals surface area contributed by atoms with Crippen LogP contribution in [0.3, 0.4) is 0 Å². The van der Waals surface area contributed by atoms with Gasteiger partial charge in [-0.15, -0.1) is 0 Å². The highest BCUT2D eigenvalue weighted by Gasteiger charge is 2.23. The van der Waals surface area contributed by atoms with Crippen molar-refractivity contribution >= 4 is 17.5 Å². The highest BCUT2D eigenvalue weighted by atomic mass is 19.2. The van der Waals surface area contributed by atoms with Crippen molar-refractivity contribution in [1.29, 1.82) is 0 Å². The van der Waals surface area contributed by atoms with Crippen molar-refractivity contribution in [2.24, 2.45) is 5.92 Å². The van der Waals surface area contributed by atoms with Crippen molar-refractivity contribution in [2.75, 3.05) is 11.9 Å². The molecule has 1 aliphatic rings. The summed E-state index contributed by atoms with van der Waals surface area (Å²) in [6.07, 6.45) is 4.18. The molecule has 5 nitrogen and oxygen atoms in total. The zero-order chi connectivity index (χ0) is 17.7. The summed E-state index contributed by atoms with van der Waals surface area (Å²) in [6.45, 7) is -0.0803. The van der Waals surface area contributed by atoms with E-state index in [-0.39, 0.29) is 18.2 Å². The van der Waals surface area contributed by atoms with Crippen LogP contribution in [0.2, 0.25) is 0 Å². The molecule has 1 atom stereocenters. The predicted octanol–water partition coefficient (Wildman–Crippen LogP) is 2.10. The Balaban J connectivity index is 1.85. The maximum absolute atomic E-state index is 13.1. The maximum Gasteiger partial charge on any atom is 0.313 e. The lowest BCUT2D eigenvalue weighted by molar-refractivity contribution is -0.136. The Labute approximate surface area is 137 Å². The first kappa shape index (κ1) is 18.3. The second kappa shape index (κ2) is 8.14. The minimum Gasteiger partial charge on any atom is -0.391 e. The maximum atomic E-state index is 13.1. The molecule has 0 aromatic heterocycles. The molecule has 0 bridgehead atoms. The van der Waals surface area contributed by atoms with Gasteiger partial charge in [0.2, 0.25) is 0 Å². The zero-order valence-corrected chi connectivity index (χ0v) is 12.9. The van der Waals surface area contributed by atoms with Gasteiger partial charge in [0.1, 0.15) is 0 Å². The summed E-state index contributed by atoms with van der Waals surface area (Å²) < 4.78 is 38.9. The van der Waals surface area contributed by atoms with Crippen molar-refractivity contribution in [2.45, 2.75) is 38.2 Å². The highest BCUT2D eigenvalue weighted by molar-refractivity contribution is 6.39. The number of hydrogen-bond acceptors (Lipinski definition) is 3. The van der Waals surface area contributed by atoms with Crippen molar-refractivity contribution < 1.29 is 27.9 Å². The van der Waals surface area contributed by atoms with Crippen LogP contribution in [0.5, 0.6) is 0 Å². The van der Waals surface area contributed by atoms with Crippen molar-refractivity contribution in [1.82, 2.24) is 5.32 Å². The number of carbonyl (C=O) groups is 2. The van der Waals surface area contributed by atoms with Gasteiger partial charge < -0.3 is 15.7 Å². The molecule has 1 saturated carbocycles. The van der Waals surface area contributed by atoms with Gasteiger partial charge in [0, 0.05) is 24.4 Å². The minimum absolute atomic E-state index is 0.0803. The lowest BCUT2D eigenvalue weighted by Crippen LogP contribution is -2.42. The lowest BCUT2D eigenvalue weighted by atomic mass is 9.85. The summed E-state index contributed by atoms with van der Waals surface area (Å²) in [5.41, 5.74) is -0.376. The van der Waals surface area contributed by atoms with E-state index in [1.54, 1.807) is 0 Å². The number of halogens is 3. The first-order valence-corrected chi connectivity index (χ1v) is 7.80. The van der Waals surface area contributed by atoms with E-state index >= 15 is 0 Å². The number of amides is 2. The number of nitrogens with one attached hydrogen (secondary N) is 2. The van der Waals surface area contributed by atoms with Crippen LogP contribution in [0, 0.1) is 23.4 Å². The Hall–Kier alpha value is -2.09. The van der Waals surface area contributed by atoms with E-state index in [9.17, 15) is 27.9 Å². The molecule has 0 saturated heterocycles. The van der Waals surface area contributed by atoms with E-state index in [0.717, 1.165) is 32.1 Å². The highest BCUT2D eigenvalue weighted by Crippen LogP contribution is 2.26. The molecule has 0 aliphatic heterocycles. The molecule has 0 heterocycles. The number of aliphatic hydroxyl groups is 1. The van der Waals surface area contributed by atoms with Crippen molar-refractivity contribution in [3.63, 3.8) is 0 Å². The Kier molecular flexibility index (Phi) is 6.19. The lowest BCUT2D eigenvalue weighted by Gasteiger charge is -2.26. The molecule has 3 N–H and O–H groups in total. The predicted molar refractivity (Wildman–Crippen MR) is 80.5 cm³/mol. The monoisotopic (exact) mass is 344 g/mol. The largest absolute Gasteiger partial charge is 0.391 e. The first-order valence-electron chi connectivity index (χ1n) is 7.80. The SMILES string of the molecule is O=C(NC[C@H](O)C1CCCCC1)C(=O)Nc1cc(F)c(F)c(F)c1. The smallest absolute Gasteiger partial charge is 0.313 e. The average molecular weight is 344 g/mol. The summed E-state index contributed by atoms with van der Waals surface area (Å²) in [4.78, 5) is 23.3. The zero-order valence-electron chi connectivity index (χ0n) is 12.9. The topological polar surface area (TPSA) is 78.4 Å². The number of carbonyl (C=O) groups excluding carboxylic acids is 2. The average Bonchev–Trinajstić information content (AvgIpc) is 2.57. The van der Waals surface area contributed by atoms with E-state index < -0.39 is 35.4 Å². The molecular weight excluding hydrogens is 325 g/mol. The summed E-state index contributed by atoms with van der Waals surface area (Å²) in [7, 11) is 0. The second-order valence-corrected chi connectivity index (χ2v) is 5.88. The fraction of sp³-hybridized carbons (Fsp3) is 0.500. The number of aliphatic hydroxyl groups excluding tert-OH is 1. The van der Waals surface area contributed by atoms with Crippen molar-refractivity contribution in [3.8, 4) is 0 Å². The van der Waals surface area contributed by atoms with Crippen LogP contribution in [-0.2, 0) is 9.59 Å². The number of anilines is 1. The summed E-state index contributed by atoms with van der Waals surface area (Å²) in [6, 6.07) is 1.14. The second-order valence-electron chi connectivity index (χ2n) is 5.88. The quantitative estimate of drug-likeness (QED) is 0.578. The summed E-state index contributed by atoms with van der Waals surface area (Å²) >= 11 is 0. The van der Waals surface area contributed by atoms with Gasteiger partial charge in [0.05, 0.1) is 6.10 Å². The molecule has 24 heavy (non-hydrogen) atoms. The van der Waals surface area contributed by atoms with Gasteiger partial charge in [-0.1, -0.05) is 19.3 Å². The van der Waals surface area contributed by atoms with E-state index in [1.807, 2.05) is 5.32 Å². The molecule has 8 heteroatoms. The van der Waals surface area contributed by atoms with Crippen LogP contribution >= 0.6 is 0 Å². The Morgan fingerprint density at radius 1 is 1.08 bits per heavy atom. The Bertz CT molecular complexity index is 596. The van der Waals surface area contributed by atoms with Gasteiger partial charge in [-0.3, -0.25) is 9.59 Å². The van der Waals surface area contributed by atoms with Gasteiger partial charge in [-0.2, -0.15) is 0 Å². The van der Waals surface area contributed by atoms with E-state index in [2.05, 4.69) is 5.32 Å². The van der Waals surface area contributed by atoms with E-state index in [4.69, 9.17) is 0 Å².